The summed E-state index contributed by atoms with van der Waals surface area (Å²) in [7, 11) is 0. The summed E-state index contributed by atoms with van der Waals surface area (Å²) in [4.78, 5) is 2.34. The Kier molecular flexibility index (Phi) is 5.26. The topological polar surface area (TPSA) is 27.0 Å². The molecule has 0 radical (unpaired) electrons. The van der Waals surface area contributed by atoms with Gasteiger partial charge in [0.15, 0.2) is 0 Å². The first-order chi connectivity index (χ1) is 6.38. The lowest BCUT2D eigenvalue weighted by atomic mass is 10.0. The Balaban J connectivity index is 2.24. The van der Waals surface area contributed by atoms with Crippen molar-refractivity contribution in [1.29, 1.82) is 5.26 Å². The second-order valence-electron chi connectivity index (χ2n) is 3.37. The van der Waals surface area contributed by atoms with Crippen LogP contribution in [0.2, 0.25) is 0 Å². The number of nitriles is 1. The molecule has 1 saturated heterocycles. The van der Waals surface area contributed by atoms with E-state index in [4.69, 9.17) is 5.26 Å². The Morgan fingerprint density at radius 1 is 1.54 bits per heavy atom. The maximum atomic E-state index is 8.92. The number of likely N-dealkylation sites (tertiary alicyclic amines) is 1. The summed E-state index contributed by atoms with van der Waals surface area (Å²) >= 11 is 1.96. The summed E-state index contributed by atoms with van der Waals surface area (Å²) in [5.74, 6) is 2.36. The Labute approximate surface area is 85.3 Å². The molecule has 1 aliphatic heterocycles. The lowest BCUT2D eigenvalue weighted by molar-refractivity contribution is 0.196. The predicted molar refractivity (Wildman–Crippen MR) is 57.8 cm³/mol. The van der Waals surface area contributed by atoms with Gasteiger partial charge in [-0.15, -0.1) is 0 Å². The van der Waals surface area contributed by atoms with Crippen molar-refractivity contribution < 1.29 is 0 Å². The van der Waals surface area contributed by atoms with Crippen molar-refractivity contribution in [3.63, 3.8) is 0 Å². The highest BCUT2D eigenvalue weighted by Crippen LogP contribution is 2.16. The first-order valence-corrected chi connectivity index (χ1v) is 6.25. The zero-order valence-electron chi connectivity index (χ0n) is 8.33. The molecule has 1 unspecified atom stereocenters. The molecule has 0 aromatic carbocycles. The molecule has 1 fully saturated rings. The summed E-state index contributed by atoms with van der Waals surface area (Å²) in [5.41, 5.74) is 0. The third kappa shape index (κ3) is 3.58. The lowest BCUT2D eigenvalue weighted by Crippen LogP contribution is -2.39. The molecule has 0 aromatic rings. The summed E-state index contributed by atoms with van der Waals surface area (Å²) in [6.07, 6.45) is 3.58. The summed E-state index contributed by atoms with van der Waals surface area (Å²) in [6.45, 7) is 4.40. The number of hydrogen-bond donors (Lipinski definition) is 0. The van der Waals surface area contributed by atoms with Crippen LogP contribution in [0.4, 0.5) is 0 Å². The standard InChI is InChI=1S/C10H18N2S/c1-2-13-8-7-12-6-4-3-5-10(12)9-11/h10H,2-8H2,1H3. The molecule has 0 saturated carbocycles. The molecule has 74 valence electrons. The highest BCUT2D eigenvalue weighted by molar-refractivity contribution is 7.99. The van der Waals surface area contributed by atoms with E-state index in [0.29, 0.717) is 0 Å². The van der Waals surface area contributed by atoms with Gasteiger partial charge < -0.3 is 0 Å². The van der Waals surface area contributed by atoms with Crippen LogP contribution in [0.25, 0.3) is 0 Å². The maximum Gasteiger partial charge on any atom is 0.0978 e. The first kappa shape index (κ1) is 10.9. The minimum atomic E-state index is 0.200. The van der Waals surface area contributed by atoms with Gasteiger partial charge in [-0.3, -0.25) is 4.90 Å². The van der Waals surface area contributed by atoms with Crippen LogP contribution in [0.1, 0.15) is 26.2 Å². The van der Waals surface area contributed by atoms with Gasteiger partial charge in [-0.2, -0.15) is 17.0 Å². The van der Waals surface area contributed by atoms with Crippen molar-refractivity contribution in [2.24, 2.45) is 0 Å². The Hall–Kier alpha value is -0.200. The van der Waals surface area contributed by atoms with Crippen LogP contribution >= 0.6 is 11.8 Å². The van der Waals surface area contributed by atoms with E-state index in [9.17, 15) is 0 Å². The number of hydrogen-bond acceptors (Lipinski definition) is 3. The van der Waals surface area contributed by atoms with Crippen LogP contribution in [0.15, 0.2) is 0 Å². The van der Waals surface area contributed by atoms with Crippen molar-refractivity contribution in [1.82, 2.24) is 4.90 Å². The van der Waals surface area contributed by atoms with Gasteiger partial charge in [-0.25, -0.2) is 0 Å². The lowest BCUT2D eigenvalue weighted by Gasteiger charge is -2.30. The van der Waals surface area contributed by atoms with Crippen LogP contribution in [-0.4, -0.2) is 35.5 Å². The molecule has 2 nitrogen and oxygen atoms in total. The van der Waals surface area contributed by atoms with E-state index >= 15 is 0 Å². The molecule has 13 heavy (non-hydrogen) atoms. The fourth-order valence-electron chi connectivity index (χ4n) is 1.73. The average molecular weight is 198 g/mol. The molecule has 1 aliphatic rings. The molecule has 0 spiro atoms. The third-order valence-electron chi connectivity index (χ3n) is 2.49. The molecule has 0 aromatic heterocycles. The molecule has 0 amide bonds. The van der Waals surface area contributed by atoms with Crippen molar-refractivity contribution in [3.8, 4) is 6.07 Å². The number of nitrogens with zero attached hydrogens (tertiary/aromatic N) is 2. The highest BCUT2D eigenvalue weighted by atomic mass is 32.2. The van der Waals surface area contributed by atoms with Crippen molar-refractivity contribution in [2.45, 2.75) is 32.2 Å². The molecule has 0 aliphatic carbocycles. The summed E-state index contributed by atoms with van der Waals surface area (Å²) < 4.78 is 0. The minimum Gasteiger partial charge on any atom is -0.287 e. The molecule has 3 heteroatoms. The molecule has 1 heterocycles. The first-order valence-electron chi connectivity index (χ1n) is 5.10. The van der Waals surface area contributed by atoms with Gasteiger partial charge in [0.1, 0.15) is 0 Å². The molecule has 1 rings (SSSR count). The minimum absolute atomic E-state index is 0.200. The highest BCUT2D eigenvalue weighted by Gasteiger charge is 2.20. The van der Waals surface area contributed by atoms with Crippen molar-refractivity contribution in [3.05, 3.63) is 0 Å². The Bertz CT molecular complexity index is 176. The number of rotatable bonds is 4. The largest absolute Gasteiger partial charge is 0.287 e. The van der Waals surface area contributed by atoms with E-state index in [1.165, 1.54) is 24.3 Å². The van der Waals surface area contributed by atoms with E-state index < -0.39 is 0 Å². The fourth-order valence-corrected chi connectivity index (χ4v) is 2.38. The third-order valence-corrected chi connectivity index (χ3v) is 3.37. The van der Waals surface area contributed by atoms with E-state index in [1.54, 1.807) is 0 Å². The van der Waals surface area contributed by atoms with Gasteiger partial charge in [0, 0.05) is 12.3 Å². The van der Waals surface area contributed by atoms with Crippen LogP contribution in [-0.2, 0) is 0 Å². The zero-order chi connectivity index (χ0) is 9.52. The predicted octanol–water partition coefficient (Wildman–Crippen LogP) is 2.12. The van der Waals surface area contributed by atoms with Gasteiger partial charge >= 0.3 is 0 Å². The molecular weight excluding hydrogens is 180 g/mol. The van der Waals surface area contributed by atoms with Gasteiger partial charge in [0.05, 0.1) is 12.1 Å². The number of piperidine rings is 1. The molecule has 1 atom stereocenters. The molecule has 0 bridgehead atoms. The fraction of sp³-hybridized carbons (Fsp3) is 0.900. The van der Waals surface area contributed by atoms with Gasteiger partial charge in [0.25, 0.3) is 0 Å². The second kappa shape index (κ2) is 6.28. The molecular formula is C10H18N2S. The SMILES string of the molecule is CCSCCN1CCCCC1C#N. The smallest absolute Gasteiger partial charge is 0.0978 e. The summed E-state index contributed by atoms with van der Waals surface area (Å²) in [6, 6.07) is 2.60. The monoisotopic (exact) mass is 198 g/mol. The van der Waals surface area contributed by atoms with Gasteiger partial charge in [-0.1, -0.05) is 6.92 Å². The van der Waals surface area contributed by atoms with Crippen LogP contribution in [0.3, 0.4) is 0 Å². The normalized spacial score (nSPS) is 24.2. The second-order valence-corrected chi connectivity index (χ2v) is 4.77. The zero-order valence-corrected chi connectivity index (χ0v) is 9.15. The van der Waals surface area contributed by atoms with Crippen LogP contribution < -0.4 is 0 Å². The number of thioether (sulfide) groups is 1. The van der Waals surface area contributed by atoms with Crippen LogP contribution in [0, 0.1) is 11.3 Å². The van der Waals surface area contributed by atoms with E-state index in [1.807, 2.05) is 11.8 Å². The van der Waals surface area contributed by atoms with Crippen molar-refractivity contribution >= 4 is 11.8 Å². The Morgan fingerprint density at radius 3 is 3.08 bits per heavy atom. The molecule has 0 N–H and O–H groups in total. The average Bonchev–Trinajstić information content (AvgIpc) is 2.19. The Morgan fingerprint density at radius 2 is 2.38 bits per heavy atom. The maximum absolute atomic E-state index is 8.92. The van der Waals surface area contributed by atoms with Gasteiger partial charge in [0.2, 0.25) is 0 Å². The quantitative estimate of drug-likeness (QED) is 0.647. The van der Waals surface area contributed by atoms with E-state index in [2.05, 4.69) is 17.9 Å². The summed E-state index contributed by atoms with van der Waals surface area (Å²) in [5, 5.41) is 8.92. The van der Waals surface area contributed by atoms with Crippen LogP contribution in [0.5, 0.6) is 0 Å². The van der Waals surface area contributed by atoms with E-state index in [0.717, 1.165) is 19.5 Å². The van der Waals surface area contributed by atoms with Gasteiger partial charge in [-0.05, 0) is 31.6 Å². The van der Waals surface area contributed by atoms with Crippen molar-refractivity contribution in [2.75, 3.05) is 24.6 Å². The van der Waals surface area contributed by atoms with E-state index in [-0.39, 0.29) is 6.04 Å².